The van der Waals surface area contributed by atoms with E-state index < -0.39 is 12.1 Å². The van der Waals surface area contributed by atoms with Crippen LogP contribution in [0, 0.1) is 0 Å². The van der Waals surface area contributed by atoms with Crippen LogP contribution in [0.15, 0.2) is 54.6 Å². The number of ether oxygens (including phenoxy) is 1. The topological polar surface area (TPSA) is 95.9 Å². The maximum absolute atomic E-state index is 12.9. The highest BCUT2D eigenvalue weighted by atomic mass is 16.5. The highest BCUT2D eigenvalue weighted by Gasteiger charge is 2.31. The Morgan fingerprint density at radius 1 is 1.07 bits per heavy atom. The number of aliphatic carboxylic acids is 1. The number of benzene rings is 2. The number of nitrogens with zero attached hydrogens (tertiary/aromatic N) is 1. The summed E-state index contributed by atoms with van der Waals surface area (Å²) in [5.74, 6) is -0.995. The van der Waals surface area contributed by atoms with Crippen molar-refractivity contribution in [3.63, 3.8) is 0 Å². The van der Waals surface area contributed by atoms with Crippen molar-refractivity contribution >= 4 is 23.5 Å². The van der Waals surface area contributed by atoms with Crippen molar-refractivity contribution in [1.82, 2.24) is 4.90 Å². The molecule has 2 amide bonds. The zero-order valence-corrected chi connectivity index (χ0v) is 15.3. The monoisotopic (exact) mass is 382 g/mol. The third-order valence-corrected chi connectivity index (χ3v) is 4.45. The number of anilines is 1. The SMILES string of the molecule is O=C(O)CCCN(Cc1ccccc1)C(=O)CC1Oc2ccccc2NC1=O. The Kier molecular flexibility index (Phi) is 6.26. The molecule has 0 aliphatic carbocycles. The van der Waals surface area contributed by atoms with E-state index in [0.29, 0.717) is 30.9 Å². The van der Waals surface area contributed by atoms with E-state index in [1.807, 2.05) is 30.3 Å². The van der Waals surface area contributed by atoms with Crippen LogP contribution in [0.4, 0.5) is 5.69 Å². The Balaban J connectivity index is 1.67. The van der Waals surface area contributed by atoms with Gasteiger partial charge in [-0.25, -0.2) is 0 Å². The first-order valence-electron chi connectivity index (χ1n) is 9.13. The fraction of sp³-hybridized carbons (Fsp3) is 0.286. The van der Waals surface area contributed by atoms with Gasteiger partial charge in [-0.2, -0.15) is 0 Å². The van der Waals surface area contributed by atoms with Crippen LogP contribution in [0.25, 0.3) is 0 Å². The van der Waals surface area contributed by atoms with Gasteiger partial charge in [0.25, 0.3) is 5.91 Å². The highest BCUT2D eigenvalue weighted by Crippen LogP contribution is 2.29. The summed E-state index contributed by atoms with van der Waals surface area (Å²) in [6.07, 6.45) is -0.707. The van der Waals surface area contributed by atoms with E-state index in [0.717, 1.165) is 5.56 Å². The second-order valence-corrected chi connectivity index (χ2v) is 6.59. The van der Waals surface area contributed by atoms with Crippen LogP contribution < -0.4 is 10.1 Å². The van der Waals surface area contributed by atoms with Crippen LogP contribution in [0.3, 0.4) is 0 Å². The highest BCUT2D eigenvalue weighted by molar-refractivity contribution is 5.99. The largest absolute Gasteiger partial charge is 0.481 e. The van der Waals surface area contributed by atoms with Gasteiger partial charge in [0, 0.05) is 19.5 Å². The Bertz CT molecular complexity index is 853. The van der Waals surface area contributed by atoms with Crippen LogP contribution in [-0.2, 0) is 20.9 Å². The van der Waals surface area contributed by atoms with Gasteiger partial charge in [-0.05, 0) is 24.1 Å². The molecule has 0 saturated carbocycles. The van der Waals surface area contributed by atoms with Crippen LogP contribution >= 0.6 is 0 Å². The minimum Gasteiger partial charge on any atom is -0.481 e. The summed E-state index contributed by atoms with van der Waals surface area (Å²) in [6.45, 7) is 0.648. The third kappa shape index (κ3) is 5.09. The van der Waals surface area contributed by atoms with Crippen LogP contribution in [0.2, 0.25) is 0 Å². The first-order valence-corrected chi connectivity index (χ1v) is 9.13. The number of hydrogen-bond acceptors (Lipinski definition) is 4. The summed E-state index contributed by atoms with van der Waals surface area (Å²) in [5.41, 5.74) is 1.52. The number of carbonyl (C=O) groups excluding carboxylic acids is 2. The van der Waals surface area contributed by atoms with Crippen molar-refractivity contribution in [2.45, 2.75) is 31.9 Å². The van der Waals surface area contributed by atoms with E-state index in [-0.39, 0.29) is 24.7 Å². The number of carbonyl (C=O) groups is 3. The first-order chi connectivity index (χ1) is 13.5. The van der Waals surface area contributed by atoms with Crippen molar-refractivity contribution in [3.05, 3.63) is 60.2 Å². The zero-order valence-electron chi connectivity index (χ0n) is 15.3. The maximum Gasteiger partial charge on any atom is 0.303 e. The number of carboxylic acids is 1. The second kappa shape index (κ2) is 9.03. The van der Waals surface area contributed by atoms with Crippen molar-refractivity contribution in [3.8, 4) is 5.75 Å². The van der Waals surface area contributed by atoms with E-state index in [1.165, 1.54) is 0 Å². The zero-order chi connectivity index (χ0) is 19.9. The molecule has 28 heavy (non-hydrogen) atoms. The lowest BCUT2D eigenvalue weighted by Crippen LogP contribution is -2.42. The van der Waals surface area contributed by atoms with Crippen molar-refractivity contribution in [2.24, 2.45) is 0 Å². The van der Waals surface area contributed by atoms with E-state index in [2.05, 4.69) is 5.32 Å². The summed E-state index contributed by atoms with van der Waals surface area (Å²) in [6, 6.07) is 16.5. The molecule has 0 aromatic heterocycles. The molecule has 1 aliphatic rings. The summed E-state index contributed by atoms with van der Waals surface area (Å²) >= 11 is 0. The molecule has 0 fully saturated rings. The smallest absolute Gasteiger partial charge is 0.303 e. The number of amides is 2. The van der Waals surface area contributed by atoms with Gasteiger partial charge in [0.15, 0.2) is 6.10 Å². The van der Waals surface area contributed by atoms with Crippen molar-refractivity contribution < 1.29 is 24.2 Å². The summed E-state index contributed by atoms with van der Waals surface area (Å²) < 4.78 is 5.70. The lowest BCUT2D eigenvalue weighted by atomic mass is 10.1. The molecule has 1 aliphatic heterocycles. The van der Waals surface area contributed by atoms with Crippen molar-refractivity contribution in [1.29, 1.82) is 0 Å². The number of rotatable bonds is 8. The molecular formula is C21H22N2O5. The Morgan fingerprint density at radius 3 is 2.54 bits per heavy atom. The van der Waals surface area contributed by atoms with Crippen LogP contribution in [0.1, 0.15) is 24.8 Å². The van der Waals surface area contributed by atoms with E-state index in [9.17, 15) is 14.4 Å². The van der Waals surface area contributed by atoms with Gasteiger partial charge in [0.1, 0.15) is 5.75 Å². The lowest BCUT2D eigenvalue weighted by molar-refractivity contribution is -0.139. The molecular weight excluding hydrogens is 360 g/mol. The Labute approximate surface area is 162 Å². The minimum absolute atomic E-state index is 0.0215. The first kappa shape index (κ1) is 19.4. The average Bonchev–Trinajstić information content (AvgIpc) is 2.68. The molecule has 2 aromatic carbocycles. The molecule has 7 heteroatoms. The molecule has 0 bridgehead atoms. The van der Waals surface area contributed by atoms with Gasteiger partial charge in [-0.15, -0.1) is 0 Å². The second-order valence-electron chi connectivity index (χ2n) is 6.59. The average molecular weight is 382 g/mol. The molecule has 1 atom stereocenters. The molecule has 3 rings (SSSR count). The van der Waals surface area contributed by atoms with Crippen molar-refractivity contribution in [2.75, 3.05) is 11.9 Å². The fourth-order valence-corrected chi connectivity index (χ4v) is 3.03. The maximum atomic E-state index is 12.9. The fourth-order valence-electron chi connectivity index (χ4n) is 3.03. The summed E-state index contributed by atoms with van der Waals surface area (Å²) in [5, 5.41) is 11.6. The van der Waals surface area contributed by atoms with E-state index in [4.69, 9.17) is 9.84 Å². The normalized spacial score (nSPS) is 15.1. The molecule has 0 spiro atoms. The van der Waals surface area contributed by atoms with Crippen LogP contribution in [0.5, 0.6) is 5.75 Å². The van der Waals surface area contributed by atoms with Crippen LogP contribution in [-0.4, -0.2) is 40.4 Å². The summed E-state index contributed by atoms with van der Waals surface area (Å²) in [4.78, 5) is 37.5. The summed E-state index contributed by atoms with van der Waals surface area (Å²) in [7, 11) is 0. The molecule has 1 unspecified atom stereocenters. The number of carboxylic acid groups (broad SMARTS) is 1. The van der Waals surface area contributed by atoms with Gasteiger partial charge in [-0.3, -0.25) is 14.4 Å². The van der Waals surface area contributed by atoms with Gasteiger partial charge >= 0.3 is 5.97 Å². The van der Waals surface area contributed by atoms with Gasteiger partial charge in [-0.1, -0.05) is 42.5 Å². The van der Waals surface area contributed by atoms with Gasteiger partial charge in [0.05, 0.1) is 12.1 Å². The Hall–Kier alpha value is -3.35. The molecule has 2 aromatic rings. The molecule has 146 valence electrons. The van der Waals surface area contributed by atoms with E-state index >= 15 is 0 Å². The standard InChI is InChI=1S/C21H22N2O5/c24-19(13-18-21(27)22-16-9-4-5-10-17(16)28-18)23(12-6-11-20(25)26)14-15-7-2-1-3-8-15/h1-5,7-10,18H,6,11-14H2,(H,22,27)(H,25,26). The van der Waals surface area contributed by atoms with Gasteiger partial charge < -0.3 is 20.1 Å². The van der Waals surface area contributed by atoms with E-state index in [1.54, 1.807) is 29.2 Å². The molecule has 7 nitrogen and oxygen atoms in total. The molecule has 0 saturated heterocycles. The minimum atomic E-state index is -0.917. The number of hydrogen-bond donors (Lipinski definition) is 2. The molecule has 0 radical (unpaired) electrons. The number of nitrogens with one attached hydrogen (secondary N) is 1. The van der Waals surface area contributed by atoms with Gasteiger partial charge in [0.2, 0.25) is 5.91 Å². The quantitative estimate of drug-likeness (QED) is 0.732. The lowest BCUT2D eigenvalue weighted by Gasteiger charge is -2.28. The third-order valence-electron chi connectivity index (χ3n) is 4.45. The predicted octanol–water partition coefficient (Wildman–Crippen LogP) is 2.67. The number of para-hydroxylation sites is 2. The molecule has 2 N–H and O–H groups in total. The predicted molar refractivity (Wildman–Crippen MR) is 103 cm³/mol. The molecule has 1 heterocycles. The Morgan fingerprint density at radius 2 is 1.79 bits per heavy atom. The number of fused-ring (bicyclic) bond motifs is 1.